The molecule has 0 bridgehead atoms. The van der Waals surface area contributed by atoms with Crippen molar-refractivity contribution in [2.24, 2.45) is 0 Å². The van der Waals surface area contributed by atoms with Crippen molar-refractivity contribution in [2.75, 3.05) is 13.2 Å². The molecule has 0 rings (SSSR count). The molecule has 0 aliphatic rings. The molecule has 73 heavy (non-hydrogen) atoms. The van der Waals surface area contributed by atoms with Crippen LogP contribution in [-0.4, -0.2) is 37.2 Å². The van der Waals surface area contributed by atoms with Crippen molar-refractivity contribution in [3.8, 4) is 0 Å². The van der Waals surface area contributed by atoms with Crippen molar-refractivity contribution in [3.63, 3.8) is 0 Å². The van der Waals surface area contributed by atoms with Crippen molar-refractivity contribution in [3.05, 3.63) is 72.9 Å². The number of ether oxygens (including phenoxy) is 3. The molecule has 0 aliphatic heterocycles. The molecule has 0 spiro atoms. The van der Waals surface area contributed by atoms with Crippen molar-refractivity contribution < 1.29 is 28.6 Å². The van der Waals surface area contributed by atoms with Gasteiger partial charge in [-0.1, -0.05) is 273 Å². The fourth-order valence-corrected chi connectivity index (χ4v) is 8.93. The van der Waals surface area contributed by atoms with Gasteiger partial charge >= 0.3 is 17.9 Å². The highest BCUT2D eigenvalue weighted by molar-refractivity contribution is 5.71. The van der Waals surface area contributed by atoms with Crippen LogP contribution < -0.4 is 0 Å². The number of rotatable bonds is 57. The van der Waals surface area contributed by atoms with Gasteiger partial charge in [0.1, 0.15) is 13.2 Å². The molecule has 0 aromatic rings. The molecule has 0 aliphatic carbocycles. The molecule has 0 saturated carbocycles. The van der Waals surface area contributed by atoms with E-state index in [9.17, 15) is 14.4 Å². The van der Waals surface area contributed by atoms with Crippen molar-refractivity contribution in [1.29, 1.82) is 0 Å². The summed E-state index contributed by atoms with van der Waals surface area (Å²) in [6.45, 7) is 6.62. The maximum absolute atomic E-state index is 12.9. The fraction of sp³-hybridized carbons (Fsp3) is 0.776. The molecule has 6 nitrogen and oxygen atoms in total. The van der Waals surface area contributed by atoms with E-state index < -0.39 is 6.10 Å². The molecular formula is C67H118O6. The Hall–Kier alpha value is -3.15. The normalized spacial score (nSPS) is 12.5. The van der Waals surface area contributed by atoms with Crippen molar-refractivity contribution in [1.82, 2.24) is 0 Å². The highest BCUT2D eigenvalue weighted by Crippen LogP contribution is 2.16. The van der Waals surface area contributed by atoms with Crippen molar-refractivity contribution in [2.45, 2.75) is 322 Å². The third-order valence-corrected chi connectivity index (χ3v) is 13.7. The smallest absolute Gasteiger partial charge is 0.306 e. The van der Waals surface area contributed by atoms with Crippen molar-refractivity contribution >= 4 is 17.9 Å². The van der Waals surface area contributed by atoms with Crippen LogP contribution in [0.1, 0.15) is 316 Å². The molecule has 6 heteroatoms. The molecule has 0 N–H and O–H groups in total. The first-order valence-corrected chi connectivity index (χ1v) is 31.4. The van der Waals surface area contributed by atoms with Crippen LogP contribution in [0.5, 0.6) is 0 Å². The number of hydrogen-bond donors (Lipinski definition) is 0. The lowest BCUT2D eigenvalue weighted by Crippen LogP contribution is -2.30. The molecule has 0 aromatic carbocycles. The molecular weight excluding hydrogens is 901 g/mol. The fourth-order valence-electron chi connectivity index (χ4n) is 8.93. The number of carbonyl (C=O) groups is 3. The molecule has 0 aromatic heterocycles. The third kappa shape index (κ3) is 59.6. The zero-order chi connectivity index (χ0) is 52.9. The van der Waals surface area contributed by atoms with Crippen LogP contribution in [0.3, 0.4) is 0 Å². The standard InChI is InChI=1S/C67H118O6/c1-4-7-10-13-16-19-22-25-28-30-32-33-35-36-39-42-45-48-51-54-57-60-66(69)72-63-64(62-71-65(68)59-56-53-50-47-44-41-38-27-24-21-18-15-12-9-6-3)73-67(70)61-58-55-52-49-46-43-40-37-34-31-29-26-23-20-17-14-11-8-5-2/h17,20,22,25-26,29-30,32,34-37,64H,4-16,18-19,21,23-24,27-28,31,33,38-63H2,1-3H3/b20-17-,25-22-,29-26-,32-30-,36-35-,37-34-. The Balaban J connectivity index is 4.41. The van der Waals surface area contributed by atoms with Crippen LogP contribution in [0.2, 0.25) is 0 Å². The Bertz CT molecular complexity index is 1360. The van der Waals surface area contributed by atoms with E-state index >= 15 is 0 Å². The average molecular weight is 1020 g/mol. The van der Waals surface area contributed by atoms with Gasteiger partial charge in [0.25, 0.3) is 0 Å². The first-order valence-electron chi connectivity index (χ1n) is 31.4. The second-order valence-corrected chi connectivity index (χ2v) is 21.0. The Morgan fingerprint density at radius 1 is 0.274 bits per heavy atom. The Morgan fingerprint density at radius 2 is 0.493 bits per heavy atom. The summed E-state index contributed by atoms with van der Waals surface area (Å²) in [4.78, 5) is 38.3. The van der Waals surface area contributed by atoms with Gasteiger partial charge in [-0.15, -0.1) is 0 Å². The maximum atomic E-state index is 12.9. The molecule has 1 unspecified atom stereocenters. The first kappa shape index (κ1) is 69.8. The summed E-state index contributed by atoms with van der Waals surface area (Å²) in [5.41, 5.74) is 0. The van der Waals surface area contributed by atoms with Crippen LogP contribution in [0.25, 0.3) is 0 Å². The molecule has 0 fully saturated rings. The SMILES string of the molecule is CCCCC/C=C\C/C=C\C/C=C\CCCCCCCCC(=O)OC(COC(=O)CCCCCCCC/C=C\C/C=C\C/C=C\CCCCCCC)COC(=O)CCCCCCCCCCCCCCCCC. The topological polar surface area (TPSA) is 78.9 Å². The minimum absolute atomic E-state index is 0.0826. The summed E-state index contributed by atoms with van der Waals surface area (Å²) in [6, 6.07) is 0. The number of carbonyl (C=O) groups excluding carboxylic acids is 3. The first-order chi connectivity index (χ1) is 36.0. The zero-order valence-electron chi connectivity index (χ0n) is 48.4. The summed E-state index contributed by atoms with van der Waals surface area (Å²) in [5.74, 6) is -0.894. The minimum atomic E-state index is -0.788. The quantitative estimate of drug-likeness (QED) is 0.0261. The zero-order valence-corrected chi connectivity index (χ0v) is 48.4. The number of unbranched alkanes of at least 4 members (excludes halogenated alkanes) is 34. The Labute approximate surface area is 453 Å². The average Bonchev–Trinajstić information content (AvgIpc) is 3.39. The van der Waals surface area contributed by atoms with E-state index in [1.165, 1.54) is 173 Å². The molecule has 0 amide bonds. The monoisotopic (exact) mass is 1020 g/mol. The van der Waals surface area contributed by atoms with E-state index in [-0.39, 0.29) is 31.1 Å². The highest BCUT2D eigenvalue weighted by atomic mass is 16.6. The van der Waals surface area contributed by atoms with Gasteiger partial charge in [0.05, 0.1) is 0 Å². The van der Waals surface area contributed by atoms with E-state index in [2.05, 4.69) is 93.7 Å². The minimum Gasteiger partial charge on any atom is -0.462 e. The lowest BCUT2D eigenvalue weighted by atomic mass is 10.0. The van der Waals surface area contributed by atoms with Crippen LogP contribution >= 0.6 is 0 Å². The van der Waals surface area contributed by atoms with E-state index in [4.69, 9.17) is 14.2 Å². The van der Waals surface area contributed by atoms with Gasteiger partial charge < -0.3 is 14.2 Å². The van der Waals surface area contributed by atoms with E-state index in [1.54, 1.807) is 0 Å². The van der Waals surface area contributed by atoms with Gasteiger partial charge in [-0.3, -0.25) is 14.4 Å². The number of allylic oxidation sites excluding steroid dienone is 12. The summed E-state index contributed by atoms with van der Waals surface area (Å²) in [5, 5.41) is 0. The number of esters is 3. The van der Waals surface area contributed by atoms with Gasteiger partial charge in [0.2, 0.25) is 0 Å². The van der Waals surface area contributed by atoms with E-state index in [1.807, 2.05) is 0 Å². The highest BCUT2D eigenvalue weighted by Gasteiger charge is 2.19. The molecule has 422 valence electrons. The van der Waals surface area contributed by atoms with Gasteiger partial charge in [-0.25, -0.2) is 0 Å². The second kappa shape index (κ2) is 61.4. The largest absolute Gasteiger partial charge is 0.462 e. The molecule has 0 saturated heterocycles. The van der Waals surface area contributed by atoms with E-state index in [0.29, 0.717) is 19.3 Å². The number of hydrogen-bond acceptors (Lipinski definition) is 6. The van der Waals surface area contributed by atoms with Crippen LogP contribution in [0, 0.1) is 0 Å². The Kier molecular flexibility index (Phi) is 58.7. The predicted octanol–water partition coefficient (Wildman–Crippen LogP) is 21.3. The Morgan fingerprint density at radius 3 is 0.795 bits per heavy atom. The molecule has 0 heterocycles. The maximum Gasteiger partial charge on any atom is 0.306 e. The molecule has 1 atom stereocenters. The predicted molar refractivity (Wildman–Crippen MR) is 316 cm³/mol. The molecule has 0 radical (unpaired) electrons. The van der Waals surface area contributed by atoms with E-state index in [0.717, 1.165) is 103 Å². The van der Waals surface area contributed by atoms with Gasteiger partial charge in [-0.2, -0.15) is 0 Å². The summed E-state index contributed by atoms with van der Waals surface area (Å²) in [7, 11) is 0. The second-order valence-electron chi connectivity index (χ2n) is 21.0. The summed E-state index contributed by atoms with van der Waals surface area (Å²) >= 11 is 0. The lowest BCUT2D eigenvalue weighted by molar-refractivity contribution is -0.167. The van der Waals surface area contributed by atoms with Crippen LogP contribution in [-0.2, 0) is 28.6 Å². The van der Waals surface area contributed by atoms with Crippen LogP contribution in [0.15, 0.2) is 72.9 Å². The van der Waals surface area contributed by atoms with Gasteiger partial charge in [0.15, 0.2) is 6.10 Å². The van der Waals surface area contributed by atoms with Gasteiger partial charge in [0, 0.05) is 19.3 Å². The summed E-state index contributed by atoms with van der Waals surface area (Å²) in [6.07, 6.45) is 78.9. The van der Waals surface area contributed by atoms with Gasteiger partial charge in [-0.05, 0) is 96.3 Å². The van der Waals surface area contributed by atoms with Crippen LogP contribution in [0.4, 0.5) is 0 Å². The lowest BCUT2D eigenvalue weighted by Gasteiger charge is -2.18. The third-order valence-electron chi connectivity index (χ3n) is 13.7. The summed E-state index contributed by atoms with van der Waals surface area (Å²) < 4.78 is 16.9.